The van der Waals surface area contributed by atoms with Gasteiger partial charge in [-0.1, -0.05) is 124 Å². The van der Waals surface area contributed by atoms with E-state index < -0.39 is 0 Å². The van der Waals surface area contributed by atoms with Crippen LogP contribution in [0.3, 0.4) is 0 Å². The monoisotopic (exact) mass is 1480 g/mol. The standard InChI is InChI=1S/C22H24N3.C21H24N3.C19H19N2.C18H19N4.C17H16N3/c1-16-7-3-6-10-20(16)21-13-18(11-12-25(21)2)19-14-23-22(24-15-19)17-8-4-5-9-17;1-15(2)11-21-22-13-18(14-23-21)17-9-10-24(4)20(12-17)19-8-6-5-7-16(19)3;1-14-7-4-5-9-17(14)19-12-11-16(13-21(19)3)18-10-6-8-15(2)20-18;1-12-7-5-6-8-16(12)17-11-15(9-10-22(17)4)18-20-13(2)19-14(3)21-18;1-13-6-3-4-7-15(13)16-12-14(8-11-20(16)2)17-18-9-5-10-19-17/h3,6-7,10-15,17H,4-5,8-9H2,1-2H3;5-10,12-15H,11H2,1-4H3;4-13H,1-3H3;5-11H,1-4H3;3-12H,1-2H3/q5*+1. The Balaban J connectivity index is 0.000000130. The minimum absolute atomic E-state index is 0.560. The number of benzene rings is 5. The predicted octanol–water partition coefficient (Wildman–Crippen LogP) is 18.5. The van der Waals surface area contributed by atoms with Crippen molar-refractivity contribution < 1.29 is 22.8 Å². The second kappa shape index (κ2) is 37.1. The van der Waals surface area contributed by atoms with Gasteiger partial charge < -0.3 is 0 Å². The summed E-state index contributed by atoms with van der Waals surface area (Å²) in [6, 6.07) is 71.5. The maximum absolute atomic E-state index is 4.66. The number of hydrogen-bond donors (Lipinski definition) is 0. The average Bonchev–Trinajstić information content (AvgIpc) is 0.879. The molecular weight excluding hydrogens is 1380 g/mol. The first-order valence-corrected chi connectivity index (χ1v) is 38.5. The Morgan fingerprint density at radius 1 is 0.330 bits per heavy atom. The molecule has 16 rings (SSSR count). The van der Waals surface area contributed by atoms with Crippen LogP contribution >= 0.6 is 0 Å². The van der Waals surface area contributed by atoms with Gasteiger partial charge in [0.2, 0.25) is 28.5 Å². The highest BCUT2D eigenvalue weighted by molar-refractivity contribution is 5.72. The van der Waals surface area contributed by atoms with Crippen molar-refractivity contribution in [1.82, 2.24) is 49.8 Å². The van der Waals surface area contributed by atoms with Crippen LogP contribution in [0.1, 0.15) is 102 Å². The van der Waals surface area contributed by atoms with E-state index in [-0.39, 0.29) is 0 Å². The summed E-state index contributed by atoms with van der Waals surface area (Å²) in [6.07, 6.45) is 27.8. The lowest BCUT2D eigenvalue weighted by molar-refractivity contribution is -0.660. The van der Waals surface area contributed by atoms with E-state index in [0.29, 0.717) is 11.8 Å². The summed E-state index contributed by atoms with van der Waals surface area (Å²) in [5.41, 5.74) is 28.1. The lowest BCUT2D eigenvalue weighted by Crippen LogP contribution is -2.30. The second-order valence-electron chi connectivity index (χ2n) is 29.4. The molecule has 0 saturated heterocycles. The fraction of sp³-hybridized carbons (Fsp3) is 0.227. The molecule has 1 saturated carbocycles. The maximum Gasteiger partial charge on any atom is 0.213 e. The summed E-state index contributed by atoms with van der Waals surface area (Å²) in [5.74, 6) is 6.02. The van der Waals surface area contributed by atoms with E-state index in [1.54, 1.807) is 12.4 Å². The first-order chi connectivity index (χ1) is 54.2. The lowest BCUT2D eigenvalue weighted by Gasteiger charge is -2.09. The zero-order valence-corrected chi connectivity index (χ0v) is 67.4. The van der Waals surface area contributed by atoms with Crippen molar-refractivity contribution in [3.8, 4) is 113 Å². The van der Waals surface area contributed by atoms with Crippen LogP contribution < -0.4 is 22.8 Å². The Bertz CT molecular complexity index is 5700. The third kappa shape index (κ3) is 20.0. The van der Waals surface area contributed by atoms with Crippen LogP contribution in [-0.4, -0.2) is 49.8 Å². The third-order valence-electron chi connectivity index (χ3n) is 20.3. The van der Waals surface area contributed by atoms with Crippen molar-refractivity contribution in [3.63, 3.8) is 0 Å². The molecule has 15 heteroatoms. The molecule has 0 aliphatic heterocycles. The molecule has 0 unspecified atom stereocenters. The topological polar surface area (TPSA) is 148 Å². The van der Waals surface area contributed by atoms with E-state index in [4.69, 9.17) is 0 Å². The van der Waals surface area contributed by atoms with Gasteiger partial charge in [0, 0.05) is 160 Å². The van der Waals surface area contributed by atoms with Gasteiger partial charge in [-0.2, -0.15) is 0 Å². The molecule has 0 N–H and O–H groups in total. The van der Waals surface area contributed by atoms with E-state index in [2.05, 4.69) is 351 Å². The second-order valence-corrected chi connectivity index (χ2v) is 29.4. The Kier molecular flexibility index (Phi) is 26.1. The largest absolute Gasteiger partial charge is 0.253 e. The maximum atomic E-state index is 4.66. The van der Waals surface area contributed by atoms with Crippen LogP contribution in [0.4, 0.5) is 0 Å². The molecule has 1 aliphatic carbocycles. The summed E-state index contributed by atoms with van der Waals surface area (Å²) < 4.78 is 10.7. The molecule has 1 fully saturated rings. The minimum atomic E-state index is 0.560. The quantitative estimate of drug-likeness (QED) is 0.102. The van der Waals surface area contributed by atoms with E-state index in [1.807, 2.05) is 88.3 Å². The number of aromatic nitrogens is 15. The van der Waals surface area contributed by atoms with Crippen LogP contribution in [0, 0.1) is 61.3 Å². The van der Waals surface area contributed by atoms with Gasteiger partial charge in [0.1, 0.15) is 58.5 Å². The number of hydrogen-bond acceptors (Lipinski definition) is 10. The Morgan fingerprint density at radius 3 is 1.12 bits per heavy atom. The summed E-state index contributed by atoms with van der Waals surface area (Å²) in [5, 5.41) is 0. The van der Waals surface area contributed by atoms with Crippen molar-refractivity contribution in [2.45, 2.75) is 107 Å². The Morgan fingerprint density at radius 2 is 0.714 bits per heavy atom. The highest BCUT2D eigenvalue weighted by Crippen LogP contribution is 2.34. The van der Waals surface area contributed by atoms with E-state index in [9.17, 15) is 0 Å². The Labute approximate surface area is 661 Å². The van der Waals surface area contributed by atoms with Crippen LogP contribution in [0.5, 0.6) is 0 Å². The lowest BCUT2D eigenvalue weighted by atomic mass is 10.0. The molecule has 112 heavy (non-hydrogen) atoms. The zero-order valence-electron chi connectivity index (χ0n) is 67.4. The van der Waals surface area contributed by atoms with Crippen molar-refractivity contribution in [2.24, 2.45) is 41.2 Å². The highest BCUT2D eigenvalue weighted by atomic mass is 15.0. The molecule has 15 aromatic rings. The molecule has 15 nitrogen and oxygen atoms in total. The van der Waals surface area contributed by atoms with Gasteiger partial charge in [-0.05, 0) is 168 Å². The first kappa shape index (κ1) is 78.8. The summed E-state index contributed by atoms with van der Waals surface area (Å²) in [4.78, 5) is 44.7. The van der Waals surface area contributed by atoms with Crippen molar-refractivity contribution in [1.29, 1.82) is 0 Å². The highest BCUT2D eigenvalue weighted by Gasteiger charge is 2.23. The Hall–Kier alpha value is -12.8. The number of pyridine rings is 6. The van der Waals surface area contributed by atoms with E-state index >= 15 is 0 Å². The average molecular weight is 1480 g/mol. The number of rotatable bonds is 13. The molecule has 10 heterocycles. The molecular formula is C97H102N15+5. The minimum Gasteiger partial charge on any atom is -0.253 e. The molecule has 0 amide bonds. The molecule has 0 radical (unpaired) electrons. The van der Waals surface area contributed by atoms with Crippen LogP contribution in [0.25, 0.3) is 113 Å². The van der Waals surface area contributed by atoms with Gasteiger partial charge in [0.05, 0.1) is 11.3 Å². The zero-order chi connectivity index (χ0) is 78.8. The summed E-state index contributed by atoms with van der Waals surface area (Å²) >= 11 is 0. The van der Waals surface area contributed by atoms with Gasteiger partial charge in [0.15, 0.2) is 42.6 Å². The van der Waals surface area contributed by atoms with Crippen LogP contribution in [0.2, 0.25) is 0 Å². The van der Waals surface area contributed by atoms with Gasteiger partial charge in [-0.3, -0.25) is 4.98 Å². The molecule has 0 spiro atoms. The van der Waals surface area contributed by atoms with E-state index in [0.717, 1.165) is 103 Å². The fourth-order valence-corrected chi connectivity index (χ4v) is 14.1. The SMILES string of the molecule is Cc1cccc(-c2ccc(-c3ccccc3C)[n+](C)c2)n1.Cc1ccccc1-c1cc(-c2cnc(C3CCCC3)nc2)cc[n+]1C.Cc1ccccc1-c1cc(-c2cnc(CC(C)C)nc2)cc[n+]1C.Cc1ccccc1-c1cc(-c2ncccn2)cc[n+]1C.Cc1nc(C)nc(-c2cc[n+](C)c(-c3ccccc3C)c2)n1. The molecule has 0 atom stereocenters. The van der Waals surface area contributed by atoms with Crippen LogP contribution in [-0.2, 0) is 41.7 Å². The molecule has 5 aromatic carbocycles. The van der Waals surface area contributed by atoms with Crippen LogP contribution in [0.15, 0.2) is 274 Å². The van der Waals surface area contributed by atoms with E-state index in [1.165, 1.54) is 98.4 Å². The first-order valence-electron chi connectivity index (χ1n) is 38.5. The van der Waals surface area contributed by atoms with Gasteiger partial charge >= 0.3 is 0 Å². The van der Waals surface area contributed by atoms with Crippen molar-refractivity contribution in [2.75, 3.05) is 0 Å². The smallest absolute Gasteiger partial charge is 0.213 e. The summed E-state index contributed by atoms with van der Waals surface area (Å²) in [7, 11) is 10.4. The summed E-state index contributed by atoms with van der Waals surface area (Å²) in [6.45, 7) is 20.9. The number of nitrogens with zero attached hydrogens (tertiary/aromatic N) is 15. The van der Waals surface area contributed by atoms with Gasteiger partial charge in [-0.15, -0.1) is 0 Å². The molecule has 1 aliphatic rings. The molecule has 0 bridgehead atoms. The molecule has 560 valence electrons. The normalized spacial score (nSPS) is 11.6. The third-order valence-corrected chi connectivity index (χ3v) is 20.3. The fourth-order valence-electron chi connectivity index (χ4n) is 14.1. The van der Waals surface area contributed by atoms with Gasteiger partial charge in [-0.25, -0.2) is 67.7 Å². The van der Waals surface area contributed by atoms with Gasteiger partial charge in [0.25, 0.3) is 0 Å². The predicted molar refractivity (Wildman–Crippen MR) is 448 cm³/mol. The van der Waals surface area contributed by atoms with Crippen molar-refractivity contribution in [3.05, 3.63) is 331 Å². The number of aryl methyl sites for hydroxylation is 13. The molecule has 10 aromatic heterocycles. The van der Waals surface area contributed by atoms with Crippen molar-refractivity contribution >= 4 is 0 Å².